The molecule has 0 aromatic carbocycles. The van der Waals surface area contributed by atoms with Gasteiger partial charge in [-0.05, 0) is 57.6 Å². The molecule has 0 spiro atoms. The van der Waals surface area contributed by atoms with Gasteiger partial charge in [0.25, 0.3) is 11.5 Å². The number of ether oxygens (including phenoxy) is 2. The van der Waals surface area contributed by atoms with Crippen molar-refractivity contribution in [1.29, 1.82) is 5.26 Å². The summed E-state index contributed by atoms with van der Waals surface area (Å²) in [5.74, 6) is 0.118. The van der Waals surface area contributed by atoms with E-state index in [4.69, 9.17) is 21.7 Å². The second kappa shape index (κ2) is 12.5. The highest BCUT2D eigenvalue weighted by Crippen LogP contribution is 2.37. The van der Waals surface area contributed by atoms with E-state index in [1.165, 1.54) is 11.8 Å². The standard InChI is InChI=1S/C27H34N4O5S2/c1-4-10-30-23(29-11-8-18(9-12-29)26(34)35-5-2)20(17(3)21(15-28)24(30)32)14-22-25(33)31(27(37)38-22)16-19-7-6-13-36-19/h14,18-19H,4-13,16H2,1-3H3. The molecule has 0 aliphatic carbocycles. The third kappa shape index (κ3) is 5.67. The van der Waals surface area contributed by atoms with Crippen molar-refractivity contribution < 1.29 is 19.1 Å². The minimum Gasteiger partial charge on any atom is -0.466 e. The average molecular weight is 559 g/mol. The predicted molar refractivity (Wildman–Crippen MR) is 151 cm³/mol. The van der Waals surface area contributed by atoms with Gasteiger partial charge >= 0.3 is 5.97 Å². The van der Waals surface area contributed by atoms with Crippen LogP contribution in [0.2, 0.25) is 0 Å². The van der Waals surface area contributed by atoms with Crippen LogP contribution in [-0.2, 0) is 25.6 Å². The molecule has 1 amide bonds. The minimum absolute atomic E-state index is 0.0218. The van der Waals surface area contributed by atoms with Gasteiger partial charge in [0.2, 0.25) is 0 Å². The quantitative estimate of drug-likeness (QED) is 0.269. The predicted octanol–water partition coefficient (Wildman–Crippen LogP) is 3.60. The largest absolute Gasteiger partial charge is 0.466 e. The van der Waals surface area contributed by atoms with Crippen LogP contribution in [0.15, 0.2) is 9.70 Å². The van der Waals surface area contributed by atoms with E-state index in [1.807, 2.05) is 6.92 Å². The molecule has 204 valence electrons. The molecule has 3 saturated heterocycles. The molecule has 1 aromatic heterocycles. The maximum atomic E-state index is 13.4. The smallest absolute Gasteiger partial charge is 0.309 e. The van der Waals surface area contributed by atoms with E-state index in [9.17, 15) is 19.6 Å². The summed E-state index contributed by atoms with van der Waals surface area (Å²) in [6.45, 7) is 8.54. The van der Waals surface area contributed by atoms with Crippen molar-refractivity contribution in [3.05, 3.63) is 31.9 Å². The van der Waals surface area contributed by atoms with Gasteiger partial charge in [-0.3, -0.25) is 23.9 Å². The molecule has 0 bridgehead atoms. The van der Waals surface area contributed by atoms with Gasteiger partial charge in [0, 0.05) is 31.8 Å². The van der Waals surface area contributed by atoms with Crippen LogP contribution in [-0.4, -0.2) is 64.6 Å². The van der Waals surface area contributed by atoms with Gasteiger partial charge < -0.3 is 14.4 Å². The highest BCUT2D eigenvalue weighted by molar-refractivity contribution is 8.26. The summed E-state index contributed by atoms with van der Waals surface area (Å²) in [4.78, 5) is 43.3. The minimum atomic E-state index is -0.336. The molecule has 11 heteroatoms. The number of rotatable bonds is 8. The molecule has 0 radical (unpaired) electrons. The van der Waals surface area contributed by atoms with Crippen molar-refractivity contribution in [3.8, 4) is 6.07 Å². The van der Waals surface area contributed by atoms with Crippen molar-refractivity contribution in [2.75, 3.05) is 37.7 Å². The van der Waals surface area contributed by atoms with Gasteiger partial charge in [-0.25, -0.2) is 0 Å². The molecule has 1 atom stereocenters. The lowest BCUT2D eigenvalue weighted by Gasteiger charge is -2.35. The lowest BCUT2D eigenvalue weighted by Crippen LogP contribution is -2.41. The number of hydrogen-bond donors (Lipinski definition) is 0. The van der Waals surface area contributed by atoms with Crippen LogP contribution in [0.1, 0.15) is 62.6 Å². The highest BCUT2D eigenvalue weighted by atomic mass is 32.2. The van der Waals surface area contributed by atoms with Crippen LogP contribution in [0.25, 0.3) is 6.08 Å². The van der Waals surface area contributed by atoms with Crippen molar-refractivity contribution in [3.63, 3.8) is 0 Å². The van der Waals surface area contributed by atoms with Crippen LogP contribution < -0.4 is 10.5 Å². The van der Waals surface area contributed by atoms with Crippen LogP contribution in [0.3, 0.4) is 0 Å². The third-order valence-electron chi connectivity index (χ3n) is 7.27. The molecule has 38 heavy (non-hydrogen) atoms. The number of pyridine rings is 1. The molecule has 1 unspecified atom stereocenters. The maximum absolute atomic E-state index is 13.4. The first-order chi connectivity index (χ1) is 18.3. The topological polar surface area (TPSA) is 105 Å². The molecule has 3 aliphatic rings. The molecule has 3 fully saturated rings. The monoisotopic (exact) mass is 558 g/mol. The lowest BCUT2D eigenvalue weighted by atomic mass is 9.95. The zero-order valence-corrected chi connectivity index (χ0v) is 23.8. The summed E-state index contributed by atoms with van der Waals surface area (Å²) in [7, 11) is 0. The van der Waals surface area contributed by atoms with Crippen LogP contribution in [0.4, 0.5) is 5.82 Å². The van der Waals surface area contributed by atoms with Crippen molar-refractivity contribution >= 4 is 52.1 Å². The second-order valence-electron chi connectivity index (χ2n) is 9.75. The van der Waals surface area contributed by atoms with Gasteiger partial charge in [0.05, 0.1) is 30.1 Å². The number of hydrogen-bond acceptors (Lipinski definition) is 9. The fourth-order valence-electron chi connectivity index (χ4n) is 5.28. The lowest BCUT2D eigenvalue weighted by molar-refractivity contribution is -0.148. The first-order valence-corrected chi connectivity index (χ1v) is 14.5. The highest BCUT2D eigenvalue weighted by Gasteiger charge is 2.36. The number of nitriles is 1. The Hall–Kier alpha value is -2.68. The first-order valence-electron chi connectivity index (χ1n) is 13.3. The Morgan fingerprint density at radius 3 is 2.61 bits per heavy atom. The molecule has 0 saturated carbocycles. The van der Waals surface area contributed by atoms with Crippen LogP contribution in [0.5, 0.6) is 0 Å². The third-order valence-corrected chi connectivity index (χ3v) is 8.65. The van der Waals surface area contributed by atoms with E-state index < -0.39 is 0 Å². The van der Waals surface area contributed by atoms with E-state index in [0.29, 0.717) is 84.8 Å². The number of esters is 1. The van der Waals surface area contributed by atoms with Gasteiger partial charge in [-0.1, -0.05) is 30.9 Å². The molecule has 4 heterocycles. The van der Waals surface area contributed by atoms with E-state index in [1.54, 1.807) is 29.4 Å². The van der Waals surface area contributed by atoms with Crippen molar-refractivity contribution in [2.45, 2.75) is 65.5 Å². The summed E-state index contributed by atoms with van der Waals surface area (Å²) in [5, 5.41) is 9.86. The Bertz CT molecular complexity index is 1240. The molecular weight excluding hydrogens is 524 g/mol. The van der Waals surface area contributed by atoms with E-state index in [-0.39, 0.29) is 35.0 Å². The summed E-state index contributed by atoms with van der Waals surface area (Å²) in [6.07, 6.45) is 5.52. The Balaban J connectivity index is 1.74. The molecule has 4 rings (SSSR count). The Labute approximate surface area is 232 Å². The first kappa shape index (κ1) is 28.3. The molecule has 1 aromatic rings. The summed E-state index contributed by atoms with van der Waals surface area (Å²) < 4.78 is 13.1. The van der Waals surface area contributed by atoms with E-state index in [2.05, 4.69) is 11.0 Å². The fraction of sp³-hybridized carbons (Fsp3) is 0.593. The van der Waals surface area contributed by atoms with Crippen molar-refractivity contribution in [2.24, 2.45) is 5.92 Å². The summed E-state index contributed by atoms with van der Waals surface area (Å²) in [6, 6.07) is 2.08. The van der Waals surface area contributed by atoms with Crippen LogP contribution in [0, 0.1) is 24.2 Å². The zero-order valence-electron chi connectivity index (χ0n) is 22.2. The number of anilines is 1. The number of thioether (sulfide) groups is 1. The maximum Gasteiger partial charge on any atom is 0.309 e. The Kier molecular flexibility index (Phi) is 9.28. The fourth-order valence-corrected chi connectivity index (χ4v) is 6.54. The number of amides is 1. The van der Waals surface area contributed by atoms with Crippen molar-refractivity contribution in [1.82, 2.24) is 9.47 Å². The van der Waals surface area contributed by atoms with Gasteiger partial charge in [-0.15, -0.1) is 0 Å². The number of aromatic nitrogens is 1. The van der Waals surface area contributed by atoms with Crippen LogP contribution >= 0.6 is 24.0 Å². The average Bonchev–Trinajstić information content (AvgIpc) is 3.51. The Morgan fingerprint density at radius 2 is 2.00 bits per heavy atom. The Morgan fingerprint density at radius 1 is 1.26 bits per heavy atom. The number of carbonyl (C=O) groups excluding carboxylic acids is 2. The number of piperidine rings is 1. The van der Waals surface area contributed by atoms with E-state index >= 15 is 0 Å². The van der Waals surface area contributed by atoms with E-state index in [0.717, 1.165) is 12.8 Å². The van der Waals surface area contributed by atoms with Gasteiger partial charge in [0.15, 0.2) is 0 Å². The number of thiocarbonyl (C=S) groups is 1. The second-order valence-corrected chi connectivity index (χ2v) is 11.4. The zero-order chi connectivity index (χ0) is 27.4. The van der Waals surface area contributed by atoms with Gasteiger partial charge in [-0.2, -0.15) is 5.26 Å². The SMILES string of the molecule is CCCn1c(N2CCC(C(=O)OCC)CC2)c(C=C2SC(=S)N(CC3CCCO3)C2=O)c(C)c(C#N)c1=O. The number of carbonyl (C=O) groups is 2. The summed E-state index contributed by atoms with van der Waals surface area (Å²) in [5.41, 5.74) is 0.945. The van der Waals surface area contributed by atoms with Gasteiger partial charge in [0.1, 0.15) is 21.8 Å². The number of nitrogens with zero attached hydrogens (tertiary/aromatic N) is 4. The summed E-state index contributed by atoms with van der Waals surface area (Å²) >= 11 is 6.78. The molecule has 3 aliphatic heterocycles. The normalized spacial score (nSPS) is 21.4. The molecule has 0 N–H and O–H groups in total. The molecular formula is C27H34N4O5S2. The molecule has 9 nitrogen and oxygen atoms in total.